The van der Waals surface area contributed by atoms with Crippen molar-refractivity contribution < 1.29 is 28.5 Å². The number of nitrogens with zero attached hydrogens (tertiary/aromatic N) is 2. The third-order valence-electron chi connectivity index (χ3n) is 5.37. The number of imidazole rings is 1. The summed E-state index contributed by atoms with van der Waals surface area (Å²) >= 11 is 0. The highest BCUT2D eigenvalue weighted by molar-refractivity contribution is 5.73. The van der Waals surface area contributed by atoms with E-state index in [1.54, 1.807) is 27.9 Å². The van der Waals surface area contributed by atoms with Gasteiger partial charge in [-0.1, -0.05) is 12.0 Å². The molecule has 0 bridgehead atoms. The standard InChI is InChI=1S/C26H32N2O6/c1-26(2,3)34-25(30)28-17-16-27-22(28)14-12-20-18(11-15-23(29)32-5)10-13-21(31-4)24(20)33-19-8-6-7-9-19/h10,13,16-17,19H,6-9,11,15H2,1-5H3. The molecule has 1 heterocycles. The van der Waals surface area contributed by atoms with Crippen molar-refractivity contribution >= 4 is 12.1 Å². The minimum atomic E-state index is -0.651. The summed E-state index contributed by atoms with van der Waals surface area (Å²) in [5.41, 5.74) is 0.776. The van der Waals surface area contributed by atoms with Crippen molar-refractivity contribution in [2.24, 2.45) is 0 Å². The van der Waals surface area contributed by atoms with Crippen LogP contribution >= 0.6 is 0 Å². The lowest BCUT2D eigenvalue weighted by molar-refractivity contribution is -0.140. The lowest BCUT2D eigenvalue weighted by atomic mass is 10.0. The number of esters is 1. The summed E-state index contributed by atoms with van der Waals surface area (Å²) in [5.74, 6) is 7.15. The average Bonchev–Trinajstić information content (AvgIpc) is 3.47. The lowest BCUT2D eigenvalue weighted by Crippen LogP contribution is -2.27. The van der Waals surface area contributed by atoms with Gasteiger partial charge in [0.2, 0.25) is 0 Å². The highest BCUT2D eigenvalue weighted by Crippen LogP contribution is 2.37. The first-order valence-electron chi connectivity index (χ1n) is 11.4. The van der Waals surface area contributed by atoms with Crippen molar-refractivity contribution in [1.29, 1.82) is 0 Å². The molecular formula is C26H32N2O6. The molecule has 0 aliphatic heterocycles. The van der Waals surface area contributed by atoms with E-state index in [9.17, 15) is 9.59 Å². The first kappa shape index (κ1) is 25.2. The van der Waals surface area contributed by atoms with Gasteiger partial charge in [-0.15, -0.1) is 0 Å². The fraction of sp³-hybridized carbons (Fsp3) is 0.500. The zero-order chi connectivity index (χ0) is 24.7. The van der Waals surface area contributed by atoms with E-state index < -0.39 is 11.7 Å². The zero-order valence-corrected chi connectivity index (χ0v) is 20.5. The Morgan fingerprint density at radius 2 is 1.88 bits per heavy atom. The maximum atomic E-state index is 12.6. The monoisotopic (exact) mass is 468 g/mol. The van der Waals surface area contributed by atoms with Crippen LogP contribution in [0.2, 0.25) is 0 Å². The molecule has 34 heavy (non-hydrogen) atoms. The van der Waals surface area contributed by atoms with E-state index in [2.05, 4.69) is 16.8 Å². The summed E-state index contributed by atoms with van der Waals surface area (Å²) in [5, 5.41) is 0. The van der Waals surface area contributed by atoms with Crippen LogP contribution in [0.4, 0.5) is 4.79 Å². The highest BCUT2D eigenvalue weighted by atomic mass is 16.6. The Kier molecular flexibility index (Phi) is 8.21. The van der Waals surface area contributed by atoms with Gasteiger partial charge in [-0.05, 0) is 70.4 Å². The van der Waals surface area contributed by atoms with Crippen LogP contribution in [0.5, 0.6) is 11.5 Å². The Morgan fingerprint density at radius 3 is 2.53 bits per heavy atom. The van der Waals surface area contributed by atoms with Crippen LogP contribution < -0.4 is 9.47 Å². The molecule has 1 saturated carbocycles. The Labute approximate surface area is 200 Å². The van der Waals surface area contributed by atoms with Gasteiger partial charge >= 0.3 is 12.1 Å². The topological polar surface area (TPSA) is 88.9 Å². The van der Waals surface area contributed by atoms with Gasteiger partial charge in [0, 0.05) is 18.8 Å². The number of ether oxygens (including phenoxy) is 4. The van der Waals surface area contributed by atoms with Crippen LogP contribution in [0.15, 0.2) is 24.5 Å². The van der Waals surface area contributed by atoms with Crippen molar-refractivity contribution in [3.63, 3.8) is 0 Å². The largest absolute Gasteiger partial charge is 0.493 e. The Bertz CT molecular complexity index is 1080. The van der Waals surface area contributed by atoms with Crippen LogP contribution in [0.1, 0.15) is 69.8 Å². The molecule has 1 aliphatic carbocycles. The summed E-state index contributed by atoms with van der Waals surface area (Å²) in [4.78, 5) is 28.6. The Morgan fingerprint density at radius 1 is 1.15 bits per heavy atom. The number of methoxy groups -OCH3 is 2. The summed E-state index contributed by atoms with van der Waals surface area (Å²) in [6.45, 7) is 5.39. The quantitative estimate of drug-likeness (QED) is 0.455. The number of carbonyl (C=O) groups is 2. The van der Waals surface area contributed by atoms with E-state index in [-0.39, 0.29) is 24.3 Å². The van der Waals surface area contributed by atoms with E-state index in [1.165, 1.54) is 24.1 Å². The van der Waals surface area contributed by atoms with E-state index in [1.807, 2.05) is 12.1 Å². The number of rotatable bonds is 6. The van der Waals surface area contributed by atoms with Gasteiger partial charge in [0.05, 0.1) is 25.9 Å². The molecule has 1 fully saturated rings. The second-order valence-corrected chi connectivity index (χ2v) is 9.08. The molecule has 0 spiro atoms. The molecule has 2 aromatic rings. The van der Waals surface area contributed by atoms with Gasteiger partial charge in [0.25, 0.3) is 0 Å². The van der Waals surface area contributed by atoms with Gasteiger partial charge in [-0.2, -0.15) is 0 Å². The van der Waals surface area contributed by atoms with Gasteiger partial charge in [-0.25, -0.2) is 14.3 Å². The van der Waals surface area contributed by atoms with Crippen LogP contribution in [-0.4, -0.2) is 47.5 Å². The minimum Gasteiger partial charge on any atom is -0.493 e. The van der Waals surface area contributed by atoms with Crippen LogP contribution in [0.25, 0.3) is 0 Å². The molecule has 1 aliphatic rings. The normalized spacial score (nSPS) is 13.7. The molecule has 182 valence electrons. The van der Waals surface area contributed by atoms with Gasteiger partial charge < -0.3 is 18.9 Å². The Hall–Kier alpha value is -3.47. The van der Waals surface area contributed by atoms with Crippen molar-refractivity contribution in [1.82, 2.24) is 9.55 Å². The molecule has 0 amide bonds. The average molecular weight is 469 g/mol. The van der Waals surface area contributed by atoms with Crippen LogP contribution in [0, 0.1) is 11.8 Å². The molecular weight excluding hydrogens is 436 g/mol. The van der Waals surface area contributed by atoms with Crippen molar-refractivity contribution in [3.8, 4) is 23.3 Å². The molecule has 1 aromatic heterocycles. The molecule has 3 rings (SSSR count). The number of aromatic nitrogens is 2. The molecule has 0 saturated heterocycles. The fourth-order valence-corrected chi connectivity index (χ4v) is 3.71. The Balaban J connectivity index is 2.02. The zero-order valence-electron chi connectivity index (χ0n) is 20.5. The highest BCUT2D eigenvalue weighted by Gasteiger charge is 2.23. The van der Waals surface area contributed by atoms with E-state index in [4.69, 9.17) is 18.9 Å². The van der Waals surface area contributed by atoms with Crippen LogP contribution in [-0.2, 0) is 20.7 Å². The molecule has 0 atom stereocenters. The summed E-state index contributed by atoms with van der Waals surface area (Å²) in [6.07, 6.45) is 7.30. The number of hydrogen-bond donors (Lipinski definition) is 0. The van der Waals surface area contributed by atoms with Gasteiger partial charge in [0.1, 0.15) is 5.60 Å². The third kappa shape index (κ3) is 6.53. The van der Waals surface area contributed by atoms with Gasteiger partial charge in [-0.3, -0.25) is 4.79 Å². The predicted octanol–water partition coefficient (Wildman–Crippen LogP) is 4.50. The predicted molar refractivity (Wildman–Crippen MR) is 126 cm³/mol. The van der Waals surface area contributed by atoms with E-state index in [0.717, 1.165) is 31.2 Å². The second kappa shape index (κ2) is 11.1. The molecule has 0 N–H and O–H groups in total. The first-order chi connectivity index (χ1) is 16.2. The van der Waals surface area contributed by atoms with E-state index in [0.29, 0.717) is 23.5 Å². The third-order valence-corrected chi connectivity index (χ3v) is 5.37. The number of benzene rings is 1. The smallest absolute Gasteiger partial charge is 0.420 e. The van der Waals surface area contributed by atoms with Crippen molar-refractivity contribution in [2.45, 2.75) is 71.0 Å². The summed E-state index contributed by atoms with van der Waals surface area (Å²) < 4.78 is 23.4. The molecule has 0 radical (unpaired) electrons. The molecule has 8 heteroatoms. The molecule has 1 aromatic carbocycles. The minimum absolute atomic E-state index is 0.0778. The first-order valence-corrected chi connectivity index (χ1v) is 11.4. The molecule has 8 nitrogen and oxygen atoms in total. The van der Waals surface area contributed by atoms with Crippen molar-refractivity contribution in [2.75, 3.05) is 14.2 Å². The summed E-state index contributed by atoms with van der Waals surface area (Å²) in [6, 6.07) is 3.69. The van der Waals surface area contributed by atoms with Gasteiger partial charge in [0.15, 0.2) is 17.3 Å². The lowest BCUT2D eigenvalue weighted by Gasteiger charge is -2.20. The van der Waals surface area contributed by atoms with Crippen LogP contribution in [0.3, 0.4) is 0 Å². The maximum absolute atomic E-state index is 12.6. The molecule has 0 unspecified atom stereocenters. The SMILES string of the molecule is COC(=O)CCc1ccc(OC)c(OC2CCCC2)c1C#Cc1nccn1C(=O)OC(C)(C)C. The maximum Gasteiger partial charge on any atom is 0.420 e. The number of hydrogen-bond acceptors (Lipinski definition) is 7. The second-order valence-electron chi connectivity index (χ2n) is 9.08. The van der Waals surface area contributed by atoms with Crippen molar-refractivity contribution in [3.05, 3.63) is 41.5 Å². The summed E-state index contributed by atoms with van der Waals surface area (Å²) in [7, 11) is 2.94. The number of carbonyl (C=O) groups excluding carboxylic acids is 2. The fourth-order valence-electron chi connectivity index (χ4n) is 3.71. The van der Waals surface area contributed by atoms with E-state index >= 15 is 0 Å². The number of aryl methyl sites for hydroxylation is 1.